The van der Waals surface area contributed by atoms with Crippen LogP contribution in [0.4, 0.5) is 10.1 Å². The van der Waals surface area contributed by atoms with E-state index in [4.69, 9.17) is 0 Å². The summed E-state index contributed by atoms with van der Waals surface area (Å²) in [5, 5.41) is 2.82. The van der Waals surface area contributed by atoms with Gasteiger partial charge in [-0.05, 0) is 29.2 Å². The molecule has 4 rings (SSSR count). The van der Waals surface area contributed by atoms with Crippen molar-refractivity contribution in [1.82, 2.24) is 9.80 Å². The first-order valence-electron chi connectivity index (χ1n) is 10.4. The van der Waals surface area contributed by atoms with Crippen LogP contribution >= 0.6 is 0 Å². The summed E-state index contributed by atoms with van der Waals surface area (Å²) in [6.07, 6.45) is 0.376. The first kappa shape index (κ1) is 21.0. The number of carbonyl (C=O) groups excluding carboxylic acids is 3. The van der Waals surface area contributed by atoms with Crippen molar-refractivity contribution in [3.05, 3.63) is 53.8 Å². The van der Waals surface area contributed by atoms with E-state index in [0.717, 1.165) is 0 Å². The minimum Gasteiger partial charge on any atom is -0.338 e. The number of hydrogen-bond donors (Lipinski definition) is 1. The Morgan fingerprint density at radius 3 is 2.55 bits per heavy atom. The molecule has 0 aliphatic carbocycles. The predicted molar refractivity (Wildman–Crippen MR) is 116 cm³/mol. The number of amides is 3. The number of carbonyl (C=O) groups is 3. The van der Waals surface area contributed by atoms with Crippen LogP contribution in [0.5, 0.6) is 0 Å². The lowest BCUT2D eigenvalue weighted by atomic mass is 9.91. The van der Waals surface area contributed by atoms with Crippen LogP contribution in [0.3, 0.4) is 0 Å². The van der Waals surface area contributed by atoms with E-state index in [1.54, 1.807) is 41.3 Å². The molecule has 1 atom stereocenters. The molecule has 1 saturated heterocycles. The molecule has 0 unspecified atom stereocenters. The lowest BCUT2D eigenvalue weighted by Crippen LogP contribution is -2.59. The maximum Gasteiger partial charge on any atom is 0.256 e. The molecule has 162 valence electrons. The normalized spacial score (nSPS) is 18.8. The van der Waals surface area contributed by atoms with E-state index in [-0.39, 0.29) is 42.0 Å². The van der Waals surface area contributed by atoms with E-state index < -0.39 is 6.04 Å². The number of hydrogen-bond acceptors (Lipinski definition) is 3. The Morgan fingerprint density at radius 2 is 1.84 bits per heavy atom. The van der Waals surface area contributed by atoms with Crippen molar-refractivity contribution in [2.75, 3.05) is 25.0 Å². The van der Waals surface area contributed by atoms with Crippen LogP contribution in [0.25, 0.3) is 11.1 Å². The maximum absolute atomic E-state index is 14.2. The van der Waals surface area contributed by atoms with Gasteiger partial charge in [0.05, 0.1) is 17.8 Å². The first-order chi connectivity index (χ1) is 14.6. The molecule has 3 amide bonds. The topological polar surface area (TPSA) is 69.7 Å². The third-order valence-electron chi connectivity index (χ3n) is 5.67. The summed E-state index contributed by atoms with van der Waals surface area (Å²) in [6, 6.07) is 10.6. The average Bonchev–Trinajstić information content (AvgIpc) is 2.81. The van der Waals surface area contributed by atoms with Gasteiger partial charge in [0.25, 0.3) is 5.91 Å². The predicted octanol–water partition coefficient (Wildman–Crippen LogP) is 3.53. The van der Waals surface area contributed by atoms with Crippen molar-refractivity contribution < 1.29 is 18.8 Å². The summed E-state index contributed by atoms with van der Waals surface area (Å²) >= 11 is 0. The van der Waals surface area contributed by atoms with Crippen molar-refractivity contribution in [1.29, 1.82) is 0 Å². The molecule has 1 N–H and O–H groups in total. The Balaban J connectivity index is 1.62. The maximum atomic E-state index is 14.2. The lowest BCUT2D eigenvalue weighted by molar-refractivity contribution is -0.137. The molecular weight excluding hydrogens is 397 g/mol. The Kier molecular flexibility index (Phi) is 5.29. The van der Waals surface area contributed by atoms with Gasteiger partial charge >= 0.3 is 0 Å². The van der Waals surface area contributed by atoms with Crippen LogP contribution in [0.15, 0.2) is 42.5 Å². The van der Waals surface area contributed by atoms with Crippen molar-refractivity contribution in [2.24, 2.45) is 5.41 Å². The van der Waals surface area contributed by atoms with Gasteiger partial charge in [-0.25, -0.2) is 4.39 Å². The zero-order chi connectivity index (χ0) is 22.3. The van der Waals surface area contributed by atoms with Gasteiger partial charge in [-0.1, -0.05) is 45.0 Å². The Hall–Kier alpha value is -3.22. The van der Waals surface area contributed by atoms with Gasteiger partial charge in [0.2, 0.25) is 11.8 Å². The zero-order valence-electron chi connectivity index (χ0n) is 17.9. The molecule has 2 heterocycles. The molecule has 0 radical (unpaired) electrons. The quantitative estimate of drug-likeness (QED) is 0.803. The number of benzene rings is 2. The van der Waals surface area contributed by atoms with Gasteiger partial charge in [0, 0.05) is 25.1 Å². The largest absolute Gasteiger partial charge is 0.338 e. The van der Waals surface area contributed by atoms with E-state index >= 15 is 0 Å². The summed E-state index contributed by atoms with van der Waals surface area (Å²) in [5.74, 6) is -1.01. The summed E-state index contributed by atoms with van der Waals surface area (Å²) in [7, 11) is 0. The molecule has 6 nitrogen and oxygen atoms in total. The molecule has 2 aromatic rings. The number of anilines is 1. The SMILES string of the molecule is CC(C)(C)CC(=O)N1CCN2C(=O)c3cc(-c4ccccc4F)ccc3NC(=O)[C@H]2C1. The third kappa shape index (κ3) is 4.17. The van der Waals surface area contributed by atoms with Gasteiger partial charge in [0.1, 0.15) is 11.9 Å². The van der Waals surface area contributed by atoms with Gasteiger partial charge in [-0.3, -0.25) is 14.4 Å². The fourth-order valence-electron chi connectivity index (χ4n) is 4.11. The van der Waals surface area contributed by atoms with Crippen molar-refractivity contribution in [3.8, 4) is 11.1 Å². The Bertz CT molecular complexity index is 1060. The van der Waals surface area contributed by atoms with Gasteiger partial charge in [-0.2, -0.15) is 0 Å². The molecular formula is C24H26FN3O3. The molecule has 0 spiro atoms. The number of nitrogens with zero attached hydrogens (tertiary/aromatic N) is 2. The molecule has 31 heavy (non-hydrogen) atoms. The van der Waals surface area contributed by atoms with Crippen molar-refractivity contribution >= 4 is 23.4 Å². The van der Waals surface area contributed by atoms with Gasteiger partial charge in [-0.15, -0.1) is 0 Å². The smallest absolute Gasteiger partial charge is 0.256 e. The van der Waals surface area contributed by atoms with E-state index in [0.29, 0.717) is 35.3 Å². The summed E-state index contributed by atoms with van der Waals surface area (Å²) in [4.78, 5) is 42.1. The first-order valence-corrected chi connectivity index (χ1v) is 10.4. The van der Waals surface area contributed by atoms with E-state index in [9.17, 15) is 18.8 Å². The fourth-order valence-corrected chi connectivity index (χ4v) is 4.11. The van der Waals surface area contributed by atoms with Crippen LogP contribution in [0.2, 0.25) is 0 Å². The molecule has 0 bridgehead atoms. The number of halogens is 1. The minimum atomic E-state index is -0.755. The highest BCUT2D eigenvalue weighted by Crippen LogP contribution is 2.31. The lowest BCUT2D eigenvalue weighted by Gasteiger charge is -2.40. The summed E-state index contributed by atoms with van der Waals surface area (Å²) in [6.45, 7) is 6.80. The molecule has 2 aliphatic rings. The van der Waals surface area contributed by atoms with Crippen LogP contribution in [0.1, 0.15) is 37.6 Å². The molecule has 0 aromatic heterocycles. The minimum absolute atomic E-state index is 0.0176. The second kappa shape index (κ2) is 7.80. The average molecular weight is 423 g/mol. The second-order valence-corrected chi connectivity index (χ2v) is 9.32. The molecule has 2 aromatic carbocycles. The third-order valence-corrected chi connectivity index (χ3v) is 5.67. The molecule has 1 fully saturated rings. The van der Waals surface area contributed by atoms with Crippen LogP contribution < -0.4 is 5.32 Å². The highest BCUT2D eigenvalue weighted by Gasteiger charge is 2.40. The molecule has 7 heteroatoms. The molecule has 2 aliphatic heterocycles. The van der Waals surface area contributed by atoms with Crippen molar-refractivity contribution in [2.45, 2.75) is 33.2 Å². The standard InChI is InChI=1S/C24H26FN3O3/c1-24(2,3)13-21(29)27-10-11-28-20(14-27)22(30)26-19-9-8-15(12-17(19)23(28)31)16-6-4-5-7-18(16)25/h4-9,12,20H,10-11,13-14H2,1-3H3,(H,26,30)/t20-/m1/s1. The number of fused-ring (bicyclic) bond motifs is 2. The highest BCUT2D eigenvalue weighted by atomic mass is 19.1. The number of rotatable bonds is 2. The van der Waals surface area contributed by atoms with Crippen LogP contribution in [0, 0.1) is 11.2 Å². The monoisotopic (exact) mass is 423 g/mol. The number of nitrogens with one attached hydrogen (secondary N) is 1. The summed E-state index contributed by atoms with van der Waals surface area (Å²) < 4.78 is 14.2. The van der Waals surface area contributed by atoms with E-state index in [1.807, 2.05) is 20.8 Å². The Labute approximate surface area is 181 Å². The zero-order valence-corrected chi connectivity index (χ0v) is 17.9. The van der Waals surface area contributed by atoms with Crippen LogP contribution in [-0.4, -0.2) is 53.2 Å². The highest BCUT2D eigenvalue weighted by molar-refractivity contribution is 6.10. The van der Waals surface area contributed by atoms with Gasteiger partial charge in [0.15, 0.2) is 0 Å². The Morgan fingerprint density at radius 1 is 1.10 bits per heavy atom. The van der Waals surface area contributed by atoms with E-state index in [1.165, 1.54) is 11.0 Å². The van der Waals surface area contributed by atoms with Crippen molar-refractivity contribution in [3.63, 3.8) is 0 Å². The van der Waals surface area contributed by atoms with Crippen LogP contribution in [-0.2, 0) is 9.59 Å². The fraction of sp³-hybridized carbons (Fsp3) is 0.375. The molecule has 0 saturated carbocycles. The van der Waals surface area contributed by atoms with E-state index in [2.05, 4.69) is 5.32 Å². The second-order valence-electron chi connectivity index (χ2n) is 9.32. The summed E-state index contributed by atoms with van der Waals surface area (Å²) in [5.41, 5.74) is 1.53. The van der Waals surface area contributed by atoms with Gasteiger partial charge < -0.3 is 15.1 Å². The number of piperazine rings is 1.